The van der Waals surface area contributed by atoms with Crippen LogP contribution in [0, 0.1) is 13.8 Å². The van der Waals surface area contributed by atoms with Crippen LogP contribution >= 0.6 is 0 Å². The van der Waals surface area contributed by atoms with Gasteiger partial charge in [0, 0.05) is 60.8 Å². The molecule has 0 atom stereocenters. The molecule has 0 radical (unpaired) electrons. The Labute approximate surface area is 343 Å². The quantitative estimate of drug-likeness (QED) is 0.149. The second-order valence-electron chi connectivity index (χ2n) is 15.3. The highest BCUT2D eigenvalue weighted by atomic mass is 19.4. The number of alkyl halides is 3. The highest BCUT2D eigenvalue weighted by molar-refractivity contribution is 6.26. The molecule has 0 aliphatic carbocycles. The number of aryl methyl sites for hydroxylation is 2. The van der Waals surface area contributed by atoms with Crippen molar-refractivity contribution in [1.82, 2.24) is 9.88 Å². The molecule has 5 aliphatic heterocycles. The maximum atomic E-state index is 13.7. The van der Waals surface area contributed by atoms with Crippen LogP contribution in [0.4, 0.5) is 47.7 Å². The largest absolute Gasteiger partial charge is 0.451 e. The summed E-state index contributed by atoms with van der Waals surface area (Å²) in [5, 5.41) is 6.95. The van der Waals surface area contributed by atoms with Crippen molar-refractivity contribution in [3.63, 3.8) is 0 Å². The first-order valence-corrected chi connectivity index (χ1v) is 20.2. The van der Waals surface area contributed by atoms with Crippen LogP contribution in [0.5, 0.6) is 0 Å². The van der Waals surface area contributed by atoms with E-state index in [0.717, 1.165) is 97.3 Å². The van der Waals surface area contributed by atoms with Gasteiger partial charge in [0.05, 0.1) is 34.7 Å². The van der Waals surface area contributed by atoms with E-state index in [1.54, 1.807) is 4.90 Å². The lowest BCUT2D eigenvalue weighted by Crippen LogP contribution is -2.42. The van der Waals surface area contributed by atoms with Gasteiger partial charge in [-0.15, -0.1) is 0 Å². The number of piperidine rings is 2. The van der Waals surface area contributed by atoms with Gasteiger partial charge in [0.1, 0.15) is 11.5 Å². The predicted octanol–water partition coefficient (Wildman–Crippen LogP) is 10.2. The van der Waals surface area contributed by atoms with Crippen LogP contribution in [0.3, 0.4) is 0 Å². The number of nitrogens with one attached hydrogen (secondary N) is 2. The zero-order valence-electron chi connectivity index (χ0n) is 33.0. The van der Waals surface area contributed by atoms with Crippen molar-refractivity contribution in [2.24, 2.45) is 20.0 Å². The molecule has 0 amide bonds. The number of hydrogen-bond acceptors (Lipinski definition) is 13. The van der Waals surface area contributed by atoms with Crippen LogP contribution in [0.2, 0.25) is 0 Å². The zero-order valence-corrected chi connectivity index (χ0v) is 33.0. The number of guanidine groups is 2. The van der Waals surface area contributed by atoms with Gasteiger partial charge in [-0.1, -0.05) is 0 Å². The number of halogens is 3. The molecule has 16 heteroatoms. The number of amidine groups is 1. The highest BCUT2D eigenvalue weighted by Crippen LogP contribution is 2.39. The number of aromatic nitrogens is 1. The molecule has 0 spiro atoms. The molecule has 2 N–H and O–H groups in total. The summed E-state index contributed by atoms with van der Waals surface area (Å²) < 4.78 is 58.2. The van der Waals surface area contributed by atoms with Crippen LogP contribution in [0.25, 0.3) is 5.70 Å². The summed E-state index contributed by atoms with van der Waals surface area (Å²) in [4.78, 5) is 29.6. The van der Waals surface area contributed by atoms with Crippen molar-refractivity contribution in [3.8, 4) is 0 Å². The number of allylic oxidation sites excluding steroid dienone is 2. The fraction of sp³-hybridized carbons (Fsp3) is 0.295. The van der Waals surface area contributed by atoms with E-state index in [9.17, 15) is 13.2 Å². The van der Waals surface area contributed by atoms with E-state index < -0.39 is 17.8 Å². The van der Waals surface area contributed by atoms with E-state index in [2.05, 4.69) is 59.7 Å². The molecular weight excluding hydrogens is 774 g/mol. The van der Waals surface area contributed by atoms with Gasteiger partial charge >= 0.3 is 6.18 Å². The molecule has 2 aromatic carbocycles. The summed E-state index contributed by atoms with van der Waals surface area (Å²) in [5.74, 6) is 1.05. The Morgan fingerprint density at radius 3 is 1.77 bits per heavy atom. The molecule has 3 aromatic heterocycles. The first-order valence-electron chi connectivity index (χ1n) is 20.2. The van der Waals surface area contributed by atoms with Crippen molar-refractivity contribution in [3.05, 3.63) is 119 Å². The number of anilines is 6. The van der Waals surface area contributed by atoms with E-state index in [-0.39, 0.29) is 17.8 Å². The van der Waals surface area contributed by atoms with Gasteiger partial charge < -0.3 is 33.7 Å². The number of aliphatic imine (C=N–C) groups is 4. The predicted molar refractivity (Wildman–Crippen MR) is 226 cm³/mol. The normalized spacial score (nSPS) is 17.9. The average Bonchev–Trinajstić information content (AvgIpc) is 4.03. The number of rotatable bonds is 9. The number of benzene rings is 2. The SMILES string of the molecule is Cc1ccc(Nc2cc(N3CCCCC3)ccc2C2=CC3=CC(c4ccc(N5CCCCC5)cc4Nc4ccc(C)o4)=NC4=NC(c5ncc(C(F)(F)F)o5)=NC(=N2)N34)o1. The smallest absolute Gasteiger partial charge is 0.446 e. The van der Waals surface area contributed by atoms with Crippen molar-refractivity contribution in [1.29, 1.82) is 0 Å². The summed E-state index contributed by atoms with van der Waals surface area (Å²) in [5.41, 5.74) is 6.88. The Hall–Kier alpha value is -6.84. The van der Waals surface area contributed by atoms with E-state index in [0.29, 0.717) is 35.1 Å². The molecule has 0 saturated carbocycles. The van der Waals surface area contributed by atoms with Gasteiger partial charge in [0.15, 0.2) is 11.8 Å². The van der Waals surface area contributed by atoms with E-state index in [1.165, 1.54) is 12.8 Å². The van der Waals surface area contributed by atoms with Crippen LogP contribution < -0.4 is 20.4 Å². The summed E-state index contributed by atoms with van der Waals surface area (Å²) in [7, 11) is 0. The van der Waals surface area contributed by atoms with Crippen LogP contribution in [-0.2, 0) is 6.18 Å². The van der Waals surface area contributed by atoms with E-state index in [4.69, 9.17) is 23.2 Å². The van der Waals surface area contributed by atoms with Gasteiger partial charge in [-0.3, -0.25) is 0 Å². The van der Waals surface area contributed by atoms with Crippen molar-refractivity contribution < 1.29 is 26.4 Å². The van der Waals surface area contributed by atoms with Crippen LogP contribution in [0.1, 0.15) is 72.8 Å². The Balaban J connectivity index is 1.12. The van der Waals surface area contributed by atoms with Gasteiger partial charge in [-0.25, -0.2) is 19.9 Å². The van der Waals surface area contributed by atoms with Crippen LogP contribution in [-0.4, -0.2) is 59.5 Å². The van der Waals surface area contributed by atoms with E-state index >= 15 is 0 Å². The number of furan rings is 2. The van der Waals surface area contributed by atoms with Crippen molar-refractivity contribution in [2.75, 3.05) is 46.6 Å². The second-order valence-corrected chi connectivity index (χ2v) is 15.3. The van der Waals surface area contributed by atoms with Gasteiger partial charge in [-0.05, 0) is 113 Å². The third kappa shape index (κ3) is 7.37. The van der Waals surface area contributed by atoms with Crippen molar-refractivity contribution >= 4 is 63.7 Å². The van der Waals surface area contributed by atoms with Crippen LogP contribution in [0.15, 0.2) is 118 Å². The first kappa shape index (κ1) is 37.4. The first-order chi connectivity index (χ1) is 29.1. The third-order valence-corrected chi connectivity index (χ3v) is 11.1. The minimum atomic E-state index is -4.75. The standard InChI is InChI=1S/C44H41F3N10O3/c1-26-9-15-38(58-26)49-33-21-28(55-17-5-3-6-18-55)11-13-31(33)35-23-30-24-36(52-43-54-40(53-42(51-35)57(30)43)41-48-25-37(60-41)44(45,46)47)32-14-12-29(56-19-7-4-8-20-56)22-34(32)50-39-16-10-27(2)59-39/h9-16,21-25,49-50H,3-8,17-20H2,1-2H3. The summed E-state index contributed by atoms with van der Waals surface area (Å²) in [6.45, 7) is 7.60. The molecule has 8 heterocycles. The average molecular weight is 815 g/mol. The molecule has 10 rings (SSSR count). The minimum Gasteiger partial charge on any atom is -0.446 e. The Bertz CT molecular complexity index is 2560. The van der Waals surface area contributed by atoms with E-state index in [1.807, 2.05) is 62.4 Å². The number of oxazole rings is 1. The molecule has 5 aliphatic rings. The lowest BCUT2D eigenvalue weighted by Gasteiger charge is -2.33. The molecule has 13 nitrogen and oxygen atoms in total. The Kier molecular flexibility index (Phi) is 9.41. The molecule has 0 bridgehead atoms. The third-order valence-electron chi connectivity index (χ3n) is 11.1. The van der Waals surface area contributed by atoms with Gasteiger partial charge in [0.2, 0.25) is 23.5 Å². The maximum Gasteiger partial charge on any atom is 0.451 e. The molecule has 2 fully saturated rings. The Morgan fingerprint density at radius 1 is 0.617 bits per heavy atom. The maximum absolute atomic E-state index is 13.7. The van der Waals surface area contributed by atoms with Crippen molar-refractivity contribution in [2.45, 2.75) is 58.5 Å². The summed E-state index contributed by atoms with van der Waals surface area (Å²) >= 11 is 0. The fourth-order valence-electron chi connectivity index (χ4n) is 8.08. The molecule has 2 saturated heterocycles. The number of nitrogens with zero attached hydrogens (tertiary/aromatic N) is 8. The summed E-state index contributed by atoms with van der Waals surface area (Å²) in [6, 6.07) is 19.9. The molecule has 60 heavy (non-hydrogen) atoms. The lowest BCUT2D eigenvalue weighted by molar-refractivity contribution is -0.153. The summed E-state index contributed by atoms with van der Waals surface area (Å²) in [6.07, 6.45) is 6.61. The molecule has 0 unspecified atom stereocenters. The van der Waals surface area contributed by atoms with Gasteiger partial charge in [0.25, 0.3) is 5.89 Å². The monoisotopic (exact) mass is 814 g/mol. The topological polar surface area (TPSA) is 136 Å². The Morgan fingerprint density at radius 2 is 1.20 bits per heavy atom. The number of hydrogen-bond donors (Lipinski definition) is 2. The second kappa shape index (κ2) is 15.1. The lowest BCUT2D eigenvalue weighted by atomic mass is 10.0. The fourth-order valence-corrected chi connectivity index (χ4v) is 8.08. The molecule has 306 valence electrons. The minimum absolute atomic E-state index is 0.137. The molecular formula is C44H41F3N10O3. The van der Waals surface area contributed by atoms with Gasteiger partial charge in [-0.2, -0.15) is 23.2 Å². The highest BCUT2D eigenvalue weighted by Gasteiger charge is 2.38. The molecule has 5 aromatic rings. The zero-order chi connectivity index (χ0) is 41.0.